The number of benzene rings is 2. The van der Waals surface area contributed by atoms with Crippen LogP contribution in [0.4, 0.5) is 5.69 Å². The standard InChI is InChI=1S/C21H21NO4/c1-14-5-7-16(8-6-14)20(24)15(2)26-21(25)17-9-11-18(12-10-17)22-13-3-4-19(22)23/h5-12,15H,3-4,13H2,1-2H3/t15-/m0/s1. The monoisotopic (exact) mass is 351 g/mol. The summed E-state index contributed by atoms with van der Waals surface area (Å²) in [7, 11) is 0. The fraction of sp³-hybridized carbons (Fsp3) is 0.286. The van der Waals surface area contributed by atoms with Gasteiger partial charge < -0.3 is 9.64 Å². The zero-order chi connectivity index (χ0) is 18.7. The first-order valence-corrected chi connectivity index (χ1v) is 8.68. The van der Waals surface area contributed by atoms with E-state index in [-0.39, 0.29) is 11.7 Å². The van der Waals surface area contributed by atoms with E-state index in [2.05, 4.69) is 0 Å². The molecule has 0 aromatic heterocycles. The summed E-state index contributed by atoms with van der Waals surface area (Å²) >= 11 is 0. The highest BCUT2D eigenvalue weighted by molar-refractivity contribution is 6.01. The summed E-state index contributed by atoms with van der Waals surface area (Å²) in [6.07, 6.45) is 0.536. The van der Waals surface area contributed by atoms with E-state index < -0.39 is 12.1 Å². The molecule has 0 unspecified atom stereocenters. The molecule has 0 spiro atoms. The number of amides is 1. The maximum Gasteiger partial charge on any atom is 0.338 e. The van der Waals surface area contributed by atoms with E-state index in [9.17, 15) is 14.4 Å². The van der Waals surface area contributed by atoms with Crippen LogP contribution in [0.1, 0.15) is 46.0 Å². The molecule has 2 aromatic rings. The molecular weight excluding hydrogens is 330 g/mol. The van der Waals surface area contributed by atoms with E-state index in [1.165, 1.54) is 0 Å². The minimum atomic E-state index is -0.870. The van der Waals surface area contributed by atoms with Crippen LogP contribution in [0.25, 0.3) is 0 Å². The van der Waals surface area contributed by atoms with Crippen LogP contribution in [0.5, 0.6) is 0 Å². The van der Waals surface area contributed by atoms with E-state index in [1.807, 2.05) is 19.1 Å². The number of Topliss-reactive ketones (excluding diaryl/α,β-unsaturated/α-hetero) is 1. The van der Waals surface area contributed by atoms with Crippen LogP contribution >= 0.6 is 0 Å². The van der Waals surface area contributed by atoms with E-state index in [0.717, 1.165) is 17.7 Å². The summed E-state index contributed by atoms with van der Waals surface area (Å²) in [5.74, 6) is -0.701. The summed E-state index contributed by atoms with van der Waals surface area (Å²) in [6.45, 7) is 4.21. The lowest BCUT2D eigenvalue weighted by atomic mass is 10.1. The maximum absolute atomic E-state index is 12.4. The van der Waals surface area contributed by atoms with Gasteiger partial charge in [0.2, 0.25) is 11.7 Å². The highest BCUT2D eigenvalue weighted by atomic mass is 16.5. The van der Waals surface area contributed by atoms with Crippen molar-refractivity contribution in [2.24, 2.45) is 0 Å². The third kappa shape index (κ3) is 3.82. The molecule has 0 saturated carbocycles. The van der Waals surface area contributed by atoms with Crippen molar-refractivity contribution in [2.75, 3.05) is 11.4 Å². The van der Waals surface area contributed by atoms with Crippen molar-refractivity contribution in [2.45, 2.75) is 32.8 Å². The molecule has 26 heavy (non-hydrogen) atoms. The first-order valence-electron chi connectivity index (χ1n) is 8.68. The maximum atomic E-state index is 12.4. The van der Waals surface area contributed by atoms with E-state index in [4.69, 9.17) is 4.74 Å². The molecule has 1 heterocycles. The summed E-state index contributed by atoms with van der Waals surface area (Å²) in [4.78, 5) is 38.1. The third-order valence-corrected chi connectivity index (χ3v) is 4.48. The van der Waals surface area contributed by atoms with Gasteiger partial charge in [-0.15, -0.1) is 0 Å². The average molecular weight is 351 g/mol. The summed E-state index contributed by atoms with van der Waals surface area (Å²) in [5.41, 5.74) is 2.69. The molecule has 1 saturated heterocycles. The number of esters is 1. The molecule has 2 aromatic carbocycles. The first-order chi connectivity index (χ1) is 12.5. The van der Waals surface area contributed by atoms with Crippen molar-refractivity contribution in [1.29, 1.82) is 0 Å². The Labute approximate surface area is 152 Å². The van der Waals surface area contributed by atoms with Crippen molar-refractivity contribution in [3.05, 3.63) is 65.2 Å². The quantitative estimate of drug-likeness (QED) is 0.610. The number of aryl methyl sites for hydroxylation is 1. The van der Waals surface area contributed by atoms with Gasteiger partial charge in [-0.1, -0.05) is 29.8 Å². The van der Waals surface area contributed by atoms with Crippen molar-refractivity contribution >= 4 is 23.3 Å². The zero-order valence-electron chi connectivity index (χ0n) is 14.9. The lowest BCUT2D eigenvalue weighted by Crippen LogP contribution is -2.25. The van der Waals surface area contributed by atoms with E-state index >= 15 is 0 Å². The molecule has 0 bridgehead atoms. The van der Waals surface area contributed by atoms with Gasteiger partial charge in [0.05, 0.1) is 5.56 Å². The molecule has 1 atom stereocenters. The number of hydrogen-bond donors (Lipinski definition) is 0. The molecule has 5 heteroatoms. The second-order valence-electron chi connectivity index (χ2n) is 6.47. The molecule has 1 aliphatic heterocycles. The van der Waals surface area contributed by atoms with Gasteiger partial charge in [0.1, 0.15) is 0 Å². The van der Waals surface area contributed by atoms with Gasteiger partial charge in [0.25, 0.3) is 0 Å². The molecule has 0 aliphatic carbocycles. The molecule has 5 nitrogen and oxygen atoms in total. The molecule has 134 valence electrons. The number of nitrogens with zero attached hydrogens (tertiary/aromatic N) is 1. The van der Waals surface area contributed by atoms with Crippen molar-refractivity contribution < 1.29 is 19.1 Å². The van der Waals surface area contributed by atoms with Gasteiger partial charge in [-0.3, -0.25) is 9.59 Å². The molecule has 0 radical (unpaired) electrons. The Hall–Kier alpha value is -2.95. The van der Waals surface area contributed by atoms with Crippen molar-refractivity contribution in [3.63, 3.8) is 0 Å². The number of hydrogen-bond acceptors (Lipinski definition) is 4. The second-order valence-corrected chi connectivity index (χ2v) is 6.47. The van der Waals surface area contributed by atoms with Crippen LogP contribution in [0.15, 0.2) is 48.5 Å². The van der Waals surface area contributed by atoms with Crippen LogP contribution in [0, 0.1) is 6.92 Å². The average Bonchev–Trinajstić information content (AvgIpc) is 3.07. The second kappa shape index (κ2) is 7.52. The first kappa shape index (κ1) is 17.9. The third-order valence-electron chi connectivity index (χ3n) is 4.48. The van der Waals surface area contributed by atoms with Gasteiger partial charge in [-0.2, -0.15) is 0 Å². The number of rotatable bonds is 5. The van der Waals surface area contributed by atoms with Gasteiger partial charge >= 0.3 is 5.97 Å². The topological polar surface area (TPSA) is 63.7 Å². The van der Waals surface area contributed by atoms with Crippen LogP contribution in [-0.4, -0.2) is 30.3 Å². The van der Waals surface area contributed by atoms with Crippen molar-refractivity contribution in [1.82, 2.24) is 0 Å². The predicted molar refractivity (Wildman–Crippen MR) is 98.4 cm³/mol. The summed E-state index contributed by atoms with van der Waals surface area (Å²) in [6, 6.07) is 13.8. The Morgan fingerprint density at radius 2 is 1.62 bits per heavy atom. The fourth-order valence-corrected chi connectivity index (χ4v) is 2.93. The highest BCUT2D eigenvalue weighted by Crippen LogP contribution is 2.22. The molecule has 1 fully saturated rings. The number of carbonyl (C=O) groups excluding carboxylic acids is 3. The molecule has 0 N–H and O–H groups in total. The molecular formula is C21H21NO4. The van der Waals surface area contributed by atoms with Gasteiger partial charge in [-0.05, 0) is 44.5 Å². The van der Waals surface area contributed by atoms with Gasteiger partial charge in [0, 0.05) is 24.2 Å². The minimum absolute atomic E-state index is 0.0950. The number of ketones is 1. The predicted octanol–water partition coefficient (Wildman–Crippen LogP) is 3.55. The number of carbonyl (C=O) groups is 3. The smallest absolute Gasteiger partial charge is 0.338 e. The van der Waals surface area contributed by atoms with Gasteiger partial charge in [0.15, 0.2) is 6.10 Å². The Bertz CT molecular complexity index is 824. The number of anilines is 1. The molecule has 1 amide bonds. The molecule has 1 aliphatic rings. The number of ether oxygens (including phenoxy) is 1. The summed E-state index contributed by atoms with van der Waals surface area (Å²) in [5, 5.41) is 0. The zero-order valence-corrected chi connectivity index (χ0v) is 14.9. The van der Waals surface area contributed by atoms with Crippen LogP contribution < -0.4 is 4.90 Å². The lowest BCUT2D eigenvalue weighted by Gasteiger charge is -2.16. The Kier molecular flexibility index (Phi) is 5.16. The van der Waals surface area contributed by atoms with Crippen molar-refractivity contribution in [3.8, 4) is 0 Å². The highest BCUT2D eigenvalue weighted by Gasteiger charge is 2.23. The largest absolute Gasteiger partial charge is 0.451 e. The van der Waals surface area contributed by atoms with E-state index in [0.29, 0.717) is 24.1 Å². The Morgan fingerprint density at radius 1 is 1.00 bits per heavy atom. The van der Waals surface area contributed by atoms with E-state index in [1.54, 1.807) is 48.2 Å². The Balaban J connectivity index is 1.64. The Morgan fingerprint density at radius 3 is 2.19 bits per heavy atom. The van der Waals surface area contributed by atoms with Crippen LogP contribution in [0.3, 0.4) is 0 Å². The van der Waals surface area contributed by atoms with Gasteiger partial charge in [-0.25, -0.2) is 4.79 Å². The molecule has 3 rings (SSSR count). The normalized spacial score (nSPS) is 15.0. The summed E-state index contributed by atoms with van der Waals surface area (Å²) < 4.78 is 5.30. The van der Waals surface area contributed by atoms with Crippen LogP contribution in [0.2, 0.25) is 0 Å². The minimum Gasteiger partial charge on any atom is -0.451 e. The fourth-order valence-electron chi connectivity index (χ4n) is 2.93. The lowest BCUT2D eigenvalue weighted by molar-refractivity contribution is -0.117. The van der Waals surface area contributed by atoms with Crippen LogP contribution in [-0.2, 0) is 9.53 Å². The SMILES string of the molecule is Cc1ccc(C(=O)[C@H](C)OC(=O)c2ccc(N3CCCC3=O)cc2)cc1.